The summed E-state index contributed by atoms with van der Waals surface area (Å²) >= 11 is 0. The van der Waals surface area contributed by atoms with Gasteiger partial charge >= 0.3 is 11.9 Å². The van der Waals surface area contributed by atoms with Crippen molar-refractivity contribution in [1.82, 2.24) is 9.55 Å². The van der Waals surface area contributed by atoms with Crippen LogP contribution in [0.4, 0.5) is 23.2 Å². The van der Waals surface area contributed by atoms with Crippen LogP contribution < -0.4 is 21.9 Å². The molecule has 158 valence electrons. The number of hydrogen-bond donors (Lipinski definition) is 2. The first-order valence-corrected chi connectivity index (χ1v) is 9.55. The van der Waals surface area contributed by atoms with Crippen molar-refractivity contribution in [2.45, 2.75) is 38.9 Å². The van der Waals surface area contributed by atoms with Gasteiger partial charge in [-0.05, 0) is 33.2 Å². The highest BCUT2D eigenvalue weighted by molar-refractivity contribution is 5.90. The number of anilines is 1. The highest BCUT2D eigenvalue weighted by Gasteiger charge is 2.50. The molecule has 1 saturated carbocycles. The van der Waals surface area contributed by atoms with Crippen LogP contribution in [-0.4, -0.2) is 35.4 Å². The maximum absolute atomic E-state index is 15.3. The molecule has 0 radical (unpaired) electrons. The SMILES string of the molecule is Cc1c(F)c(N2CC(CN)C(C(F)(F)F)C2)c(C)c2c1c(=O)[nH]c(=O)n2C1CC1. The molecule has 3 N–H and O–H groups in total. The zero-order valence-corrected chi connectivity index (χ0v) is 16.1. The Kier molecular flexibility index (Phi) is 4.52. The largest absolute Gasteiger partial charge is 0.393 e. The van der Waals surface area contributed by atoms with E-state index in [2.05, 4.69) is 4.98 Å². The number of aryl methyl sites for hydroxylation is 2. The fourth-order valence-electron chi connectivity index (χ4n) is 4.55. The fraction of sp³-hybridized carbons (Fsp3) is 0.579. The molecule has 1 saturated heterocycles. The van der Waals surface area contributed by atoms with Gasteiger partial charge in [0.25, 0.3) is 5.56 Å². The van der Waals surface area contributed by atoms with Crippen molar-refractivity contribution in [3.8, 4) is 0 Å². The van der Waals surface area contributed by atoms with Crippen LogP contribution >= 0.6 is 0 Å². The number of nitrogens with two attached hydrogens (primary N) is 1. The number of nitrogens with zero attached hydrogens (tertiary/aromatic N) is 2. The number of aromatic nitrogens is 2. The monoisotopic (exact) mass is 414 g/mol. The molecule has 1 aliphatic carbocycles. The van der Waals surface area contributed by atoms with Crippen LogP contribution in [0.15, 0.2) is 9.59 Å². The summed E-state index contributed by atoms with van der Waals surface area (Å²) in [5.41, 5.74) is 4.92. The smallest absolute Gasteiger partial charge is 0.368 e. The molecule has 29 heavy (non-hydrogen) atoms. The first-order chi connectivity index (χ1) is 13.6. The quantitative estimate of drug-likeness (QED) is 0.756. The summed E-state index contributed by atoms with van der Waals surface area (Å²) in [5.74, 6) is -3.25. The molecule has 1 aliphatic heterocycles. The van der Waals surface area contributed by atoms with Crippen LogP contribution in [-0.2, 0) is 0 Å². The standard InChI is InChI=1S/C19H22F4N4O2/c1-8-13-15(27(11-3-4-11)18(29)25-17(13)28)9(2)16(14(8)20)26-6-10(5-24)12(7-26)19(21,22)23/h10-12H,3-7,24H2,1-2H3,(H,25,28,29). The maximum Gasteiger partial charge on any atom is 0.393 e. The number of hydrogen-bond acceptors (Lipinski definition) is 4. The lowest BCUT2D eigenvalue weighted by Crippen LogP contribution is -2.33. The molecular weight excluding hydrogens is 392 g/mol. The summed E-state index contributed by atoms with van der Waals surface area (Å²) in [6, 6.07) is -0.100. The topological polar surface area (TPSA) is 84.1 Å². The Morgan fingerprint density at radius 3 is 2.31 bits per heavy atom. The number of halogens is 4. The number of nitrogens with one attached hydrogen (secondary N) is 1. The van der Waals surface area contributed by atoms with Crippen LogP contribution in [0.25, 0.3) is 10.9 Å². The number of aromatic amines is 1. The third kappa shape index (κ3) is 3.04. The van der Waals surface area contributed by atoms with Gasteiger partial charge in [0.15, 0.2) is 5.82 Å². The number of benzene rings is 1. The molecule has 2 heterocycles. The first-order valence-electron chi connectivity index (χ1n) is 9.55. The molecule has 0 amide bonds. The van der Waals surface area contributed by atoms with Gasteiger partial charge in [-0.2, -0.15) is 13.2 Å². The minimum absolute atomic E-state index is 0.0135. The zero-order chi connectivity index (χ0) is 21.2. The lowest BCUT2D eigenvalue weighted by Gasteiger charge is -2.25. The van der Waals surface area contributed by atoms with Crippen molar-refractivity contribution >= 4 is 16.6 Å². The van der Waals surface area contributed by atoms with Crippen molar-refractivity contribution < 1.29 is 17.6 Å². The molecule has 6 nitrogen and oxygen atoms in total. The number of alkyl halides is 3. The molecule has 0 spiro atoms. The van der Waals surface area contributed by atoms with Crippen molar-refractivity contribution in [2.24, 2.45) is 17.6 Å². The van der Waals surface area contributed by atoms with Crippen LogP contribution in [0, 0.1) is 31.5 Å². The van der Waals surface area contributed by atoms with E-state index >= 15 is 4.39 Å². The van der Waals surface area contributed by atoms with E-state index in [1.54, 1.807) is 6.92 Å². The lowest BCUT2D eigenvalue weighted by atomic mass is 9.96. The second kappa shape index (κ2) is 6.58. The van der Waals surface area contributed by atoms with Gasteiger partial charge in [0.1, 0.15) is 0 Å². The average Bonchev–Trinajstić information content (AvgIpc) is 3.36. The van der Waals surface area contributed by atoms with Gasteiger partial charge in [0.05, 0.1) is 22.5 Å². The van der Waals surface area contributed by atoms with Crippen molar-refractivity contribution in [1.29, 1.82) is 0 Å². The number of H-pyrrole nitrogens is 1. The predicted octanol–water partition coefficient (Wildman–Crippen LogP) is 2.35. The van der Waals surface area contributed by atoms with Gasteiger partial charge in [-0.15, -0.1) is 0 Å². The van der Waals surface area contributed by atoms with E-state index in [9.17, 15) is 22.8 Å². The molecular formula is C19H22F4N4O2. The molecule has 10 heteroatoms. The Morgan fingerprint density at radius 2 is 1.79 bits per heavy atom. The number of rotatable bonds is 3. The minimum Gasteiger partial charge on any atom is -0.368 e. The molecule has 2 atom stereocenters. The van der Waals surface area contributed by atoms with E-state index in [4.69, 9.17) is 5.73 Å². The van der Waals surface area contributed by atoms with Gasteiger partial charge in [-0.3, -0.25) is 14.3 Å². The van der Waals surface area contributed by atoms with Crippen molar-refractivity contribution in [3.05, 3.63) is 37.8 Å². The molecule has 1 aromatic heterocycles. The average molecular weight is 414 g/mol. The second-order valence-electron chi connectivity index (χ2n) is 8.05. The van der Waals surface area contributed by atoms with E-state index in [0.29, 0.717) is 11.1 Å². The molecule has 2 aliphatic rings. The molecule has 2 aromatic rings. The fourth-order valence-corrected chi connectivity index (χ4v) is 4.55. The summed E-state index contributed by atoms with van der Waals surface area (Å²) in [6.45, 7) is 2.34. The van der Waals surface area contributed by atoms with Gasteiger partial charge in [-0.25, -0.2) is 9.18 Å². The summed E-state index contributed by atoms with van der Waals surface area (Å²) in [4.78, 5) is 28.4. The highest BCUT2D eigenvalue weighted by Crippen LogP contribution is 2.43. The molecule has 1 aromatic carbocycles. The molecule has 2 fully saturated rings. The zero-order valence-electron chi connectivity index (χ0n) is 16.1. The van der Waals surface area contributed by atoms with Crippen LogP contribution in [0.5, 0.6) is 0 Å². The molecule has 0 bridgehead atoms. The first kappa shape index (κ1) is 19.9. The summed E-state index contributed by atoms with van der Waals surface area (Å²) in [5, 5.41) is 0.0668. The van der Waals surface area contributed by atoms with Crippen LogP contribution in [0.2, 0.25) is 0 Å². The van der Waals surface area contributed by atoms with Crippen LogP contribution in [0.3, 0.4) is 0 Å². The second-order valence-corrected chi connectivity index (χ2v) is 8.05. The van der Waals surface area contributed by atoms with E-state index in [1.807, 2.05) is 0 Å². The normalized spacial score (nSPS) is 22.7. The Morgan fingerprint density at radius 1 is 1.14 bits per heavy atom. The Hall–Kier alpha value is -2.36. The Bertz CT molecular complexity index is 1100. The molecule has 2 unspecified atom stereocenters. The van der Waals surface area contributed by atoms with E-state index < -0.39 is 41.6 Å². The highest BCUT2D eigenvalue weighted by atomic mass is 19.4. The van der Waals surface area contributed by atoms with Gasteiger partial charge in [-0.1, -0.05) is 0 Å². The van der Waals surface area contributed by atoms with Crippen LogP contribution in [0.1, 0.15) is 30.0 Å². The summed E-state index contributed by atoms with van der Waals surface area (Å²) in [6.07, 6.45) is -2.94. The molecule has 4 rings (SSSR count). The lowest BCUT2D eigenvalue weighted by molar-refractivity contribution is -0.178. The summed E-state index contributed by atoms with van der Waals surface area (Å²) in [7, 11) is 0. The summed E-state index contributed by atoms with van der Waals surface area (Å²) < 4.78 is 57.1. The third-order valence-corrected chi connectivity index (χ3v) is 6.16. The Balaban J connectivity index is 1.96. The minimum atomic E-state index is -4.44. The van der Waals surface area contributed by atoms with Gasteiger partial charge in [0.2, 0.25) is 0 Å². The van der Waals surface area contributed by atoms with Gasteiger partial charge in [0, 0.05) is 36.2 Å². The van der Waals surface area contributed by atoms with Crippen molar-refractivity contribution in [3.63, 3.8) is 0 Å². The maximum atomic E-state index is 15.3. The third-order valence-electron chi connectivity index (χ3n) is 6.16. The van der Waals surface area contributed by atoms with E-state index in [0.717, 1.165) is 12.8 Å². The van der Waals surface area contributed by atoms with E-state index in [1.165, 1.54) is 16.4 Å². The van der Waals surface area contributed by atoms with Crippen molar-refractivity contribution in [2.75, 3.05) is 24.5 Å². The van der Waals surface area contributed by atoms with Gasteiger partial charge < -0.3 is 10.6 Å². The number of fused-ring (bicyclic) bond motifs is 1. The predicted molar refractivity (Wildman–Crippen MR) is 101 cm³/mol. The van der Waals surface area contributed by atoms with E-state index in [-0.39, 0.29) is 35.8 Å². The Labute approximate surface area is 163 Å².